The molecule has 4 heteroatoms. The Morgan fingerprint density at radius 3 is 1.50 bits per heavy atom. The molecule has 108 valence electrons. The number of nitrogens with zero attached hydrogens (tertiary/aromatic N) is 4. The second-order valence-electron chi connectivity index (χ2n) is 7.37. The molecule has 6 atom stereocenters. The maximum Gasteiger partial charge on any atom is 0.0948 e. The Balaban J connectivity index is 2.21. The Morgan fingerprint density at radius 2 is 1.20 bits per heavy atom. The summed E-state index contributed by atoms with van der Waals surface area (Å²) in [4.78, 5) is 0. The van der Waals surface area contributed by atoms with Crippen LogP contribution in [0.2, 0.25) is 0 Å². The zero-order valence-corrected chi connectivity index (χ0v) is 12.9. The second-order valence-corrected chi connectivity index (χ2v) is 7.37. The number of azo groups is 1. The van der Waals surface area contributed by atoms with Crippen LogP contribution in [0.4, 0.5) is 0 Å². The van der Waals surface area contributed by atoms with Gasteiger partial charge in [0, 0.05) is 0 Å². The molecule has 0 spiro atoms. The monoisotopic (exact) mass is 272 g/mol. The SMILES string of the molecule is CC1CC(C#N)C(C)(N=NC2(C)CC(C)CC2C#N)C1. The van der Waals surface area contributed by atoms with E-state index in [1.807, 2.05) is 13.8 Å². The van der Waals surface area contributed by atoms with E-state index in [1.54, 1.807) is 0 Å². The van der Waals surface area contributed by atoms with Crippen molar-refractivity contribution < 1.29 is 0 Å². The van der Waals surface area contributed by atoms with E-state index in [9.17, 15) is 10.5 Å². The second kappa shape index (κ2) is 5.17. The molecule has 0 heterocycles. The van der Waals surface area contributed by atoms with Crippen molar-refractivity contribution in [3.63, 3.8) is 0 Å². The first kappa shape index (κ1) is 15.0. The number of nitriles is 2. The van der Waals surface area contributed by atoms with Crippen LogP contribution in [0.1, 0.15) is 53.4 Å². The predicted octanol–water partition coefficient (Wildman–Crippen LogP) is 4.10. The van der Waals surface area contributed by atoms with Gasteiger partial charge in [-0.05, 0) is 51.4 Å². The third-order valence-corrected chi connectivity index (χ3v) is 5.12. The summed E-state index contributed by atoms with van der Waals surface area (Å²) in [5, 5.41) is 27.8. The van der Waals surface area contributed by atoms with Gasteiger partial charge in [-0.3, -0.25) is 0 Å². The average Bonchev–Trinajstić information content (AvgIpc) is 2.84. The highest BCUT2D eigenvalue weighted by molar-refractivity contribution is 5.10. The molecule has 2 rings (SSSR count). The van der Waals surface area contributed by atoms with E-state index >= 15 is 0 Å². The molecule has 0 aromatic carbocycles. The molecular formula is C16H24N4. The lowest BCUT2D eigenvalue weighted by molar-refractivity contribution is 0.328. The van der Waals surface area contributed by atoms with E-state index in [2.05, 4.69) is 36.2 Å². The van der Waals surface area contributed by atoms with Crippen molar-refractivity contribution in [2.24, 2.45) is 33.9 Å². The Kier molecular flexibility index (Phi) is 3.87. The molecule has 0 N–H and O–H groups in total. The van der Waals surface area contributed by atoms with Gasteiger partial charge in [0.25, 0.3) is 0 Å². The molecule has 0 aliphatic heterocycles. The molecule has 0 bridgehead atoms. The molecular weight excluding hydrogens is 248 g/mol. The lowest BCUT2D eigenvalue weighted by Crippen LogP contribution is -2.30. The number of hydrogen-bond acceptors (Lipinski definition) is 4. The third-order valence-electron chi connectivity index (χ3n) is 5.12. The summed E-state index contributed by atoms with van der Waals surface area (Å²) in [6, 6.07) is 4.78. The van der Waals surface area contributed by atoms with Crippen LogP contribution in [-0.2, 0) is 0 Å². The van der Waals surface area contributed by atoms with Gasteiger partial charge >= 0.3 is 0 Å². The van der Waals surface area contributed by atoms with E-state index in [0.717, 1.165) is 25.7 Å². The fourth-order valence-corrected chi connectivity index (χ4v) is 4.01. The van der Waals surface area contributed by atoms with E-state index in [0.29, 0.717) is 11.8 Å². The molecule has 2 aliphatic rings. The van der Waals surface area contributed by atoms with Crippen LogP contribution >= 0.6 is 0 Å². The van der Waals surface area contributed by atoms with Crippen molar-refractivity contribution in [3.05, 3.63) is 0 Å². The van der Waals surface area contributed by atoms with Crippen molar-refractivity contribution in [2.45, 2.75) is 64.5 Å². The smallest absolute Gasteiger partial charge is 0.0948 e. The summed E-state index contributed by atoms with van der Waals surface area (Å²) >= 11 is 0. The molecule has 0 saturated heterocycles. The van der Waals surface area contributed by atoms with E-state index in [1.165, 1.54) is 0 Å². The zero-order valence-electron chi connectivity index (χ0n) is 12.9. The molecule has 20 heavy (non-hydrogen) atoms. The van der Waals surface area contributed by atoms with Gasteiger partial charge in [0.1, 0.15) is 0 Å². The first-order valence-electron chi connectivity index (χ1n) is 7.56. The summed E-state index contributed by atoms with van der Waals surface area (Å²) in [6.07, 6.45) is 3.64. The van der Waals surface area contributed by atoms with Gasteiger partial charge < -0.3 is 0 Å². The quantitative estimate of drug-likeness (QED) is 0.710. The van der Waals surface area contributed by atoms with Crippen LogP contribution in [0.25, 0.3) is 0 Å². The highest BCUT2D eigenvalue weighted by Crippen LogP contribution is 2.46. The van der Waals surface area contributed by atoms with Crippen LogP contribution in [0.3, 0.4) is 0 Å². The first-order chi connectivity index (χ1) is 9.33. The van der Waals surface area contributed by atoms with Crippen LogP contribution in [0.15, 0.2) is 10.2 Å². The van der Waals surface area contributed by atoms with Gasteiger partial charge in [-0.25, -0.2) is 0 Å². The fourth-order valence-electron chi connectivity index (χ4n) is 4.01. The first-order valence-corrected chi connectivity index (χ1v) is 7.56. The fraction of sp³-hybridized carbons (Fsp3) is 0.875. The summed E-state index contributed by atoms with van der Waals surface area (Å²) < 4.78 is 0. The number of rotatable bonds is 2. The van der Waals surface area contributed by atoms with Crippen molar-refractivity contribution in [2.75, 3.05) is 0 Å². The van der Waals surface area contributed by atoms with Crippen molar-refractivity contribution in [1.82, 2.24) is 0 Å². The number of hydrogen-bond donors (Lipinski definition) is 0. The maximum absolute atomic E-state index is 9.31. The highest BCUT2D eigenvalue weighted by atomic mass is 15.2. The molecule has 4 nitrogen and oxygen atoms in total. The van der Waals surface area contributed by atoms with E-state index in [-0.39, 0.29) is 22.9 Å². The molecule has 2 fully saturated rings. The van der Waals surface area contributed by atoms with Gasteiger partial charge in [0.05, 0.1) is 35.1 Å². The summed E-state index contributed by atoms with van der Waals surface area (Å²) in [5.41, 5.74) is -0.744. The van der Waals surface area contributed by atoms with Crippen LogP contribution in [0, 0.1) is 46.3 Å². The van der Waals surface area contributed by atoms with Gasteiger partial charge in [-0.15, -0.1) is 0 Å². The minimum absolute atomic E-state index is 0.0517. The van der Waals surface area contributed by atoms with Crippen molar-refractivity contribution >= 4 is 0 Å². The van der Waals surface area contributed by atoms with Crippen molar-refractivity contribution in [3.8, 4) is 12.1 Å². The Labute approximate surface area is 121 Å². The average molecular weight is 272 g/mol. The summed E-state index contributed by atoms with van der Waals surface area (Å²) in [6.45, 7) is 8.42. The van der Waals surface area contributed by atoms with Gasteiger partial charge in [0.15, 0.2) is 0 Å². The van der Waals surface area contributed by atoms with Crippen LogP contribution < -0.4 is 0 Å². The van der Waals surface area contributed by atoms with Crippen LogP contribution in [-0.4, -0.2) is 11.1 Å². The molecule has 2 aliphatic carbocycles. The third kappa shape index (κ3) is 2.57. The van der Waals surface area contributed by atoms with Gasteiger partial charge in [-0.1, -0.05) is 13.8 Å². The van der Waals surface area contributed by atoms with Gasteiger partial charge in [0.2, 0.25) is 0 Å². The molecule has 0 aromatic rings. The highest BCUT2D eigenvalue weighted by Gasteiger charge is 2.46. The lowest BCUT2D eigenvalue weighted by atomic mass is 9.90. The topological polar surface area (TPSA) is 72.3 Å². The molecule has 0 amide bonds. The van der Waals surface area contributed by atoms with Gasteiger partial charge in [-0.2, -0.15) is 20.8 Å². The minimum Gasteiger partial charge on any atom is -0.198 e. The lowest BCUT2D eigenvalue weighted by Gasteiger charge is -2.26. The molecule has 0 radical (unpaired) electrons. The largest absolute Gasteiger partial charge is 0.198 e. The molecule has 2 saturated carbocycles. The van der Waals surface area contributed by atoms with Crippen LogP contribution in [0.5, 0.6) is 0 Å². The van der Waals surface area contributed by atoms with Crippen molar-refractivity contribution in [1.29, 1.82) is 10.5 Å². The van der Waals surface area contributed by atoms with E-state index in [4.69, 9.17) is 0 Å². The zero-order chi connectivity index (χ0) is 15.0. The minimum atomic E-state index is -0.372. The Morgan fingerprint density at radius 1 is 0.850 bits per heavy atom. The summed E-state index contributed by atoms with van der Waals surface area (Å²) in [5.74, 6) is 0.935. The molecule has 0 aromatic heterocycles. The van der Waals surface area contributed by atoms with E-state index < -0.39 is 0 Å². The Bertz CT molecular complexity index is 442. The normalized spacial score (nSPS) is 48.3. The summed E-state index contributed by atoms with van der Waals surface area (Å²) in [7, 11) is 0. The molecule has 6 unspecified atom stereocenters. The standard InChI is InChI=1S/C16H24N4/c1-11-5-13(9-17)15(3,7-11)19-20-16(4)8-12(2)6-14(16)10-18/h11-14H,5-8H2,1-4H3. The maximum atomic E-state index is 9.31. The predicted molar refractivity (Wildman–Crippen MR) is 76.7 cm³/mol. The Hall–Kier alpha value is -1.42.